The van der Waals surface area contributed by atoms with Crippen molar-refractivity contribution in [2.45, 2.75) is 0 Å². The molecule has 0 fully saturated rings. The van der Waals surface area contributed by atoms with Crippen LogP contribution in [-0.2, 0) is 0 Å². The Morgan fingerprint density at radius 3 is 2.54 bits per heavy atom. The van der Waals surface area contributed by atoms with Crippen LogP contribution >= 0.6 is 11.6 Å². The molecule has 0 unspecified atom stereocenters. The van der Waals surface area contributed by atoms with Gasteiger partial charge in [-0.2, -0.15) is 0 Å². The van der Waals surface area contributed by atoms with Crippen LogP contribution in [0.2, 0.25) is 5.02 Å². The predicted molar refractivity (Wildman–Crippen MR) is 103 cm³/mol. The van der Waals surface area contributed by atoms with Gasteiger partial charge >= 0.3 is 0 Å². The molecule has 2 heterocycles. The highest BCUT2D eigenvalue weighted by atomic mass is 35.5. The Balaban J connectivity index is 1.74. The molecular formula is C18H15ClN6O3. The van der Waals surface area contributed by atoms with E-state index in [1.54, 1.807) is 24.3 Å². The van der Waals surface area contributed by atoms with Crippen molar-refractivity contribution in [1.29, 1.82) is 0 Å². The topological polar surface area (TPSA) is 134 Å². The van der Waals surface area contributed by atoms with Crippen LogP contribution in [0.5, 0.6) is 0 Å². The van der Waals surface area contributed by atoms with Gasteiger partial charge in [0.15, 0.2) is 5.69 Å². The van der Waals surface area contributed by atoms with E-state index >= 15 is 0 Å². The number of aromatic nitrogens is 3. The number of hydrogen-bond acceptors (Lipinski definition) is 5. The van der Waals surface area contributed by atoms with Gasteiger partial charge in [-0.05, 0) is 30.3 Å². The first-order valence-electron chi connectivity index (χ1n) is 8.00. The lowest BCUT2D eigenvalue weighted by molar-refractivity contribution is 0.0958. The van der Waals surface area contributed by atoms with Gasteiger partial charge in [-0.1, -0.05) is 11.6 Å². The van der Waals surface area contributed by atoms with Crippen molar-refractivity contribution in [3.63, 3.8) is 0 Å². The Kier molecular flexibility index (Phi) is 5.37. The van der Waals surface area contributed by atoms with Gasteiger partial charge in [0.1, 0.15) is 5.69 Å². The first-order valence-corrected chi connectivity index (χ1v) is 8.38. The average Bonchev–Trinajstić information content (AvgIpc) is 3.18. The highest BCUT2D eigenvalue weighted by Gasteiger charge is 2.22. The van der Waals surface area contributed by atoms with Crippen LogP contribution in [-0.4, -0.2) is 39.7 Å². The van der Waals surface area contributed by atoms with Gasteiger partial charge in [0, 0.05) is 30.8 Å². The fraction of sp³-hybridized carbons (Fsp3) is 0.0556. The Hall–Kier alpha value is -3.72. The summed E-state index contributed by atoms with van der Waals surface area (Å²) >= 11 is 5.96. The summed E-state index contributed by atoms with van der Waals surface area (Å²) in [4.78, 5) is 47.7. The monoisotopic (exact) mass is 398 g/mol. The Morgan fingerprint density at radius 2 is 1.89 bits per heavy atom. The maximum atomic E-state index is 12.6. The minimum Gasteiger partial charge on any atom is -0.364 e. The normalized spacial score (nSPS) is 10.4. The van der Waals surface area contributed by atoms with E-state index < -0.39 is 11.8 Å². The number of carbonyl (C=O) groups excluding carboxylic acids is 3. The van der Waals surface area contributed by atoms with Crippen LogP contribution in [0.1, 0.15) is 31.3 Å². The van der Waals surface area contributed by atoms with Gasteiger partial charge in [0.25, 0.3) is 17.7 Å². The molecule has 9 nitrogen and oxygen atoms in total. The molecule has 0 aliphatic heterocycles. The van der Waals surface area contributed by atoms with Crippen LogP contribution in [0.3, 0.4) is 0 Å². The number of hydrogen-bond donors (Lipinski definition) is 3. The molecule has 142 valence electrons. The standard InChI is InChI=1S/C18H15ClN6O3/c1-25(18(28)15-14(16(20)26)22-9-23-15)11-4-2-10(3-5-11)24-17(27)12-6-7-21-8-13(12)19/h2-9H,1H3,(H2,20,26)(H,22,23)(H,24,27). The fourth-order valence-corrected chi connectivity index (χ4v) is 2.66. The van der Waals surface area contributed by atoms with Crippen LogP contribution in [0, 0.1) is 0 Å². The van der Waals surface area contributed by atoms with Gasteiger partial charge in [-0.3, -0.25) is 19.4 Å². The summed E-state index contributed by atoms with van der Waals surface area (Å²) in [6.45, 7) is 0. The zero-order valence-electron chi connectivity index (χ0n) is 14.6. The third-order valence-corrected chi connectivity index (χ3v) is 4.22. The van der Waals surface area contributed by atoms with E-state index in [-0.39, 0.29) is 22.3 Å². The summed E-state index contributed by atoms with van der Waals surface area (Å²) in [7, 11) is 1.54. The van der Waals surface area contributed by atoms with Crippen molar-refractivity contribution < 1.29 is 14.4 Å². The van der Waals surface area contributed by atoms with Crippen LogP contribution in [0.15, 0.2) is 49.1 Å². The molecular weight excluding hydrogens is 384 g/mol. The van der Waals surface area contributed by atoms with Gasteiger partial charge in [0.2, 0.25) is 0 Å². The molecule has 0 spiro atoms. The molecule has 3 rings (SSSR count). The quantitative estimate of drug-likeness (QED) is 0.604. The third kappa shape index (κ3) is 3.84. The summed E-state index contributed by atoms with van der Waals surface area (Å²) in [5.74, 6) is -1.66. The smallest absolute Gasteiger partial charge is 0.276 e. The molecule has 1 aromatic carbocycles. The van der Waals surface area contributed by atoms with Crippen molar-refractivity contribution in [2.75, 3.05) is 17.3 Å². The second-order valence-corrected chi connectivity index (χ2v) is 6.12. The number of halogens is 1. The molecule has 0 saturated carbocycles. The summed E-state index contributed by atoms with van der Waals surface area (Å²) in [5.41, 5.74) is 6.43. The molecule has 0 radical (unpaired) electrons. The second kappa shape index (κ2) is 7.89. The summed E-state index contributed by atoms with van der Waals surface area (Å²) in [6, 6.07) is 8.06. The molecule has 2 aromatic heterocycles. The van der Waals surface area contributed by atoms with Gasteiger partial charge in [-0.25, -0.2) is 4.98 Å². The van der Waals surface area contributed by atoms with Crippen molar-refractivity contribution in [3.05, 3.63) is 71.0 Å². The number of amides is 3. The number of H-pyrrole nitrogens is 1. The molecule has 0 aliphatic carbocycles. The molecule has 4 N–H and O–H groups in total. The second-order valence-electron chi connectivity index (χ2n) is 5.71. The number of carbonyl (C=O) groups is 3. The highest BCUT2D eigenvalue weighted by Crippen LogP contribution is 2.21. The molecule has 28 heavy (non-hydrogen) atoms. The van der Waals surface area contributed by atoms with Crippen LogP contribution in [0.25, 0.3) is 0 Å². The van der Waals surface area contributed by atoms with Crippen LogP contribution < -0.4 is 16.0 Å². The van der Waals surface area contributed by atoms with Crippen molar-refractivity contribution in [1.82, 2.24) is 15.0 Å². The number of primary amides is 1. The Bertz CT molecular complexity index is 1050. The zero-order valence-corrected chi connectivity index (χ0v) is 15.4. The number of nitrogens with two attached hydrogens (primary N) is 1. The number of aromatic amines is 1. The molecule has 3 aromatic rings. The lowest BCUT2D eigenvalue weighted by Crippen LogP contribution is -2.29. The summed E-state index contributed by atoms with van der Waals surface area (Å²) in [5, 5.41) is 2.96. The molecule has 0 atom stereocenters. The minimum absolute atomic E-state index is 0.000270. The maximum Gasteiger partial charge on any atom is 0.276 e. The first kappa shape index (κ1) is 19.1. The van der Waals surface area contributed by atoms with E-state index in [1.807, 2.05) is 0 Å². The summed E-state index contributed by atoms with van der Waals surface area (Å²) < 4.78 is 0. The number of imidazole rings is 1. The van der Waals surface area contributed by atoms with E-state index in [1.165, 1.54) is 36.7 Å². The maximum absolute atomic E-state index is 12.6. The fourth-order valence-electron chi connectivity index (χ4n) is 2.46. The zero-order chi connectivity index (χ0) is 20.3. The Morgan fingerprint density at radius 1 is 1.18 bits per heavy atom. The van der Waals surface area contributed by atoms with E-state index in [2.05, 4.69) is 20.3 Å². The third-order valence-electron chi connectivity index (χ3n) is 3.92. The van der Waals surface area contributed by atoms with Crippen molar-refractivity contribution in [2.24, 2.45) is 5.73 Å². The average molecular weight is 399 g/mol. The molecule has 10 heteroatoms. The lowest BCUT2D eigenvalue weighted by atomic mass is 10.2. The molecule has 0 aliphatic rings. The molecule has 0 saturated heterocycles. The number of anilines is 2. The number of benzene rings is 1. The number of pyridine rings is 1. The lowest BCUT2D eigenvalue weighted by Gasteiger charge is -2.17. The summed E-state index contributed by atoms with van der Waals surface area (Å²) in [6.07, 6.45) is 4.08. The number of nitrogens with one attached hydrogen (secondary N) is 2. The van der Waals surface area contributed by atoms with E-state index in [0.29, 0.717) is 16.9 Å². The molecule has 3 amide bonds. The number of rotatable bonds is 5. The van der Waals surface area contributed by atoms with Gasteiger partial charge < -0.3 is 20.9 Å². The van der Waals surface area contributed by atoms with Gasteiger partial charge in [-0.15, -0.1) is 0 Å². The predicted octanol–water partition coefficient (Wildman–Crippen LogP) is 2.09. The van der Waals surface area contributed by atoms with E-state index in [4.69, 9.17) is 17.3 Å². The largest absolute Gasteiger partial charge is 0.364 e. The van der Waals surface area contributed by atoms with Gasteiger partial charge in [0.05, 0.1) is 16.9 Å². The Labute approximate surface area is 164 Å². The van der Waals surface area contributed by atoms with E-state index in [9.17, 15) is 14.4 Å². The molecule has 0 bridgehead atoms. The minimum atomic E-state index is -0.800. The first-order chi connectivity index (χ1) is 13.4. The number of nitrogens with zero attached hydrogens (tertiary/aromatic N) is 3. The van der Waals surface area contributed by atoms with E-state index in [0.717, 1.165) is 0 Å². The SMILES string of the molecule is CN(C(=O)c1[nH]cnc1C(N)=O)c1ccc(NC(=O)c2ccncc2Cl)cc1. The van der Waals surface area contributed by atoms with Crippen LogP contribution in [0.4, 0.5) is 11.4 Å². The van der Waals surface area contributed by atoms with Crippen molar-refractivity contribution >= 4 is 40.7 Å². The van der Waals surface area contributed by atoms with Crippen molar-refractivity contribution in [3.8, 4) is 0 Å². The highest BCUT2D eigenvalue weighted by molar-refractivity contribution is 6.34.